The van der Waals surface area contributed by atoms with Crippen molar-refractivity contribution in [2.75, 3.05) is 13.2 Å². The van der Waals surface area contributed by atoms with Gasteiger partial charge in [-0.3, -0.25) is 4.57 Å². The van der Waals surface area contributed by atoms with Gasteiger partial charge in [-0.25, -0.2) is 0 Å². The molecule has 0 aromatic heterocycles. The van der Waals surface area contributed by atoms with Crippen molar-refractivity contribution >= 4 is 36.3 Å². The van der Waals surface area contributed by atoms with Gasteiger partial charge in [0.05, 0.1) is 29.7 Å². The normalized spacial score (nSPS) is 19.0. The molecule has 0 N–H and O–H groups in total. The Hall–Kier alpha value is -1.17. The van der Waals surface area contributed by atoms with Crippen LogP contribution in [0.2, 0.25) is 0 Å². The Bertz CT molecular complexity index is 854. The Kier molecular flexibility index (Phi) is 5.59. The average Bonchev–Trinajstić information content (AvgIpc) is 2.82. The third-order valence-corrected chi connectivity index (χ3v) is 7.51. The molecule has 0 atom stereocenters. The summed E-state index contributed by atoms with van der Waals surface area (Å²) in [6.45, 7) is 12.4. The molecule has 0 spiro atoms. The van der Waals surface area contributed by atoms with Crippen molar-refractivity contribution in [1.82, 2.24) is 0 Å². The first-order valence-electron chi connectivity index (χ1n) is 9.42. The second-order valence-corrected chi connectivity index (χ2v) is 9.63. The van der Waals surface area contributed by atoms with Crippen molar-refractivity contribution in [3.63, 3.8) is 0 Å². The maximum absolute atomic E-state index is 13.4. The molecule has 0 saturated carbocycles. The molecule has 0 radical (unpaired) electrons. The Labute approximate surface area is 162 Å². The molecule has 1 fully saturated rings. The summed E-state index contributed by atoms with van der Waals surface area (Å²) in [5, 5.41) is 2.32. The molecule has 27 heavy (non-hydrogen) atoms. The SMILES string of the molecule is CCOP(=O)(OCC)c1ccc(B2OC(C)(C)C(C)(C)O2)c2ccccc12. The summed E-state index contributed by atoms with van der Waals surface area (Å²) in [7, 11) is -3.89. The van der Waals surface area contributed by atoms with E-state index in [1.54, 1.807) is 0 Å². The molecule has 0 aliphatic carbocycles. The first-order chi connectivity index (χ1) is 12.6. The van der Waals surface area contributed by atoms with Gasteiger partial charge in [-0.1, -0.05) is 30.3 Å². The van der Waals surface area contributed by atoms with E-state index in [9.17, 15) is 4.57 Å². The van der Waals surface area contributed by atoms with Crippen LogP contribution in [0.25, 0.3) is 10.8 Å². The lowest BCUT2D eigenvalue weighted by Gasteiger charge is -2.32. The molecule has 0 bridgehead atoms. The van der Waals surface area contributed by atoms with Gasteiger partial charge in [0.25, 0.3) is 0 Å². The van der Waals surface area contributed by atoms with Gasteiger partial charge in [-0.15, -0.1) is 0 Å². The van der Waals surface area contributed by atoms with Crippen molar-refractivity contribution in [2.45, 2.75) is 52.7 Å². The lowest BCUT2D eigenvalue weighted by molar-refractivity contribution is 0.00578. The molecular formula is C20H28BO5P. The number of fused-ring (bicyclic) bond motifs is 1. The van der Waals surface area contributed by atoms with E-state index in [1.165, 1.54) is 0 Å². The average molecular weight is 390 g/mol. The molecule has 2 aromatic rings. The first-order valence-corrected chi connectivity index (χ1v) is 11.0. The van der Waals surface area contributed by atoms with Gasteiger partial charge in [0.1, 0.15) is 0 Å². The van der Waals surface area contributed by atoms with E-state index in [2.05, 4.69) is 0 Å². The second-order valence-electron chi connectivity index (χ2n) is 7.64. The molecule has 5 nitrogen and oxygen atoms in total. The molecule has 1 aliphatic rings. The van der Waals surface area contributed by atoms with E-state index in [1.807, 2.05) is 77.9 Å². The highest BCUT2D eigenvalue weighted by atomic mass is 31.2. The molecule has 0 amide bonds. The zero-order valence-electron chi connectivity index (χ0n) is 16.9. The summed E-state index contributed by atoms with van der Waals surface area (Å²) >= 11 is 0. The van der Waals surface area contributed by atoms with E-state index in [0.29, 0.717) is 18.5 Å². The predicted molar refractivity (Wildman–Crippen MR) is 110 cm³/mol. The van der Waals surface area contributed by atoms with Crippen LogP contribution in [0.3, 0.4) is 0 Å². The van der Waals surface area contributed by atoms with E-state index >= 15 is 0 Å². The highest BCUT2D eigenvalue weighted by molar-refractivity contribution is 7.62. The molecule has 1 saturated heterocycles. The number of hydrogen-bond acceptors (Lipinski definition) is 5. The van der Waals surface area contributed by atoms with E-state index in [0.717, 1.165) is 16.2 Å². The monoisotopic (exact) mass is 390 g/mol. The summed E-state index contributed by atoms with van der Waals surface area (Å²) in [6, 6.07) is 11.5. The van der Waals surface area contributed by atoms with Crippen LogP contribution in [-0.2, 0) is 22.9 Å². The van der Waals surface area contributed by atoms with Crippen molar-refractivity contribution in [3.05, 3.63) is 36.4 Å². The largest absolute Gasteiger partial charge is 0.495 e. The van der Waals surface area contributed by atoms with Gasteiger partial charge in [0.2, 0.25) is 0 Å². The van der Waals surface area contributed by atoms with Crippen molar-refractivity contribution in [1.29, 1.82) is 0 Å². The Morgan fingerprint density at radius 3 is 1.93 bits per heavy atom. The Balaban J connectivity index is 2.14. The first kappa shape index (κ1) is 20.6. The van der Waals surface area contributed by atoms with Crippen molar-refractivity contribution in [3.8, 4) is 0 Å². The number of hydrogen-bond donors (Lipinski definition) is 0. The third kappa shape index (κ3) is 3.62. The highest BCUT2D eigenvalue weighted by Crippen LogP contribution is 2.48. The van der Waals surface area contributed by atoms with Gasteiger partial charge in [-0.05, 0) is 63.8 Å². The highest BCUT2D eigenvalue weighted by Gasteiger charge is 2.52. The molecule has 1 heterocycles. The van der Waals surface area contributed by atoms with Crippen LogP contribution < -0.4 is 10.8 Å². The fraction of sp³-hybridized carbons (Fsp3) is 0.500. The zero-order chi connectivity index (χ0) is 19.9. The van der Waals surface area contributed by atoms with Crippen molar-refractivity contribution in [2.24, 2.45) is 0 Å². The lowest BCUT2D eigenvalue weighted by Crippen LogP contribution is -2.41. The molecule has 146 valence electrons. The quantitative estimate of drug-likeness (QED) is 0.551. The second kappa shape index (κ2) is 7.34. The van der Waals surface area contributed by atoms with Crippen LogP contribution in [0.5, 0.6) is 0 Å². The maximum Gasteiger partial charge on any atom is 0.495 e. The minimum Gasteiger partial charge on any atom is -0.399 e. The van der Waals surface area contributed by atoms with Crippen LogP contribution in [0.4, 0.5) is 0 Å². The third-order valence-electron chi connectivity index (χ3n) is 5.34. The molecule has 2 aromatic carbocycles. The topological polar surface area (TPSA) is 54.0 Å². The van der Waals surface area contributed by atoms with Crippen molar-refractivity contribution < 1.29 is 22.9 Å². The molecule has 0 unspecified atom stereocenters. The fourth-order valence-electron chi connectivity index (χ4n) is 3.24. The van der Waals surface area contributed by atoms with Gasteiger partial charge in [-0.2, -0.15) is 0 Å². The van der Waals surface area contributed by atoms with Crippen LogP contribution in [0.15, 0.2) is 36.4 Å². The van der Waals surface area contributed by atoms with Crippen LogP contribution in [0, 0.1) is 0 Å². The molecule has 1 aliphatic heterocycles. The predicted octanol–water partition coefficient (Wildman–Crippen LogP) is 4.03. The smallest absolute Gasteiger partial charge is 0.399 e. The standard InChI is InChI=1S/C20H28BO5P/c1-7-23-27(22,24-8-2)18-14-13-17(15-11-9-10-12-16(15)18)21-25-19(3,4)20(5,6)26-21/h9-14H,7-8H2,1-6H3. The van der Waals surface area contributed by atoms with Gasteiger partial charge in [0, 0.05) is 0 Å². The molecule has 7 heteroatoms. The Morgan fingerprint density at radius 1 is 0.889 bits per heavy atom. The van der Waals surface area contributed by atoms with Gasteiger partial charge < -0.3 is 18.4 Å². The minimum atomic E-state index is -3.40. The van der Waals surface area contributed by atoms with E-state index in [4.69, 9.17) is 18.4 Å². The minimum absolute atomic E-state index is 0.310. The lowest BCUT2D eigenvalue weighted by atomic mass is 9.76. The maximum atomic E-state index is 13.4. The van der Waals surface area contributed by atoms with Crippen LogP contribution in [-0.4, -0.2) is 31.5 Å². The Morgan fingerprint density at radius 2 is 1.41 bits per heavy atom. The summed E-state index contributed by atoms with van der Waals surface area (Å²) in [5.41, 5.74) is 0.0554. The van der Waals surface area contributed by atoms with Crippen LogP contribution in [0.1, 0.15) is 41.5 Å². The fourth-order valence-corrected chi connectivity index (χ4v) is 5.02. The molecule has 3 rings (SSSR count). The van der Waals surface area contributed by atoms with Gasteiger partial charge >= 0.3 is 14.7 Å². The summed E-state index contributed by atoms with van der Waals surface area (Å²) < 4.78 is 36.9. The summed E-state index contributed by atoms with van der Waals surface area (Å²) in [5.74, 6) is 0. The number of benzene rings is 2. The zero-order valence-corrected chi connectivity index (χ0v) is 17.8. The number of rotatable bonds is 6. The van der Waals surface area contributed by atoms with Gasteiger partial charge in [0.15, 0.2) is 0 Å². The summed E-state index contributed by atoms with van der Waals surface area (Å²) in [6.07, 6.45) is 0. The molecular weight excluding hydrogens is 362 g/mol. The summed E-state index contributed by atoms with van der Waals surface area (Å²) in [4.78, 5) is 0. The van der Waals surface area contributed by atoms with E-state index < -0.39 is 25.9 Å². The van der Waals surface area contributed by atoms with E-state index in [-0.39, 0.29) is 0 Å². The van der Waals surface area contributed by atoms with Crippen LogP contribution >= 0.6 is 7.60 Å².